The molecule has 0 spiro atoms. The molecule has 3 heterocycles. The van der Waals surface area contributed by atoms with Gasteiger partial charge in [0, 0.05) is 42.7 Å². The Kier molecular flexibility index (Phi) is 5.88. The van der Waals surface area contributed by atoms with Crippen LogP contribution in [0.15, 0.2) is 36.4 Å². The smallest absolute Gasteiger partial charge is 0.328 e. The van der Waals surface area contributed by atoms with Crippen molar-refractivity contribution in [3.8, 4) is 11.5 Å². The summed E-state index contributed by atoms with van der Waals surface area (Å²) in [4.78, 5) is 35.5. The van der Waals surface area contributed by atoms with Crippen molar-refractivity contribution in [1.82, 2.24) is 19.7 Å². The fraction of sp³-hybridized carbons (Fsp3) is 0.385. The number of carbonyl (C=O) groups excluding carboxylic acids is 2. The fourth-order valence-electron chi connectivity index (χ4n) is 5.50. The number of carbonyl (C=O) groups is 2. The third-order valence-corrected chi connectivity index (χ3v) is 7.32. The first-order chi connectivity index (χ1) is 17.2. The Morgan fingerprint density at radius 3 is 2.72 bits per heavy atom. The first-order valence-electron chi connectivity index (χ1n) is 11.8. The van der Waals surface area contributed by atoms with Crippen LogP contribution < -0.4 is 4.74 Å². The summed E-state index contributed by atoms with van der Waals surface area (Å²) in [6.07, 6.45) is 0.120. The van der Waals surface area contributed by atoms with Gasteiger partial charge in [-0.2, -0.15) is 0 Å². The number of methoxy groups -OCH3 is 1. The Morgan fingerprint density at radius 1 is 1.25 bits per heavy atom. The maximum absolute atomic E-state index is 15.5. The molecule has 5 rings (SSSR count). The van der Waals surface area contributed by atoms with Crippen LogP contribution in [0.5, 0.6) is 11.5 Å². The molecule has 0 saturated carbocycles. The molecule has 2 aromatic carbocycles. The summed E-state index contributed by atoms with van der Waals surface area (Å²) >= 11 is 0. The van der Waals surface area contributed by atoms with E-state index in [0.717, 1.165) is 0 Å². The number of hydrogen-bond donors (Lipinski definition) is 3. The van der Waals surface area contributed by atoms with Gasteiger partial charge < -0.3 is 24.8 Å². The quantitative estimate of drug-likeness (QED) is 0.434. The van der Waals surface area contributed by atoms with E-state index in [1.54, 1.807) is 43.1 Å². The van der Waals surface area contributed by atoms with Crippen molar-refractivity contribution in [1.29, 1.82) is 0 Å². The van der Waals surface area contributed by atoms with Crippen molar-refractivity contribution < 1.29 is 28.9 Å². The van der Waals surface area contributed by atoms with Gasteiger partial charge in [0.05, 0.1) is 13.7 Å². The number of likely N-dealkylation sites (N-methyl/N-ethyl adjacent to an activating group) is 1. The average molecular weight is 497 g/mol. The minimum Gasteiger partial charge on any atom is -0.508 e. The number of urea groups is 1. The molecule has 2 aliphatic heterocycles. The number of phenolic OH excluding ortho intramolecular Hbond substituents is 1. The molecular formula is C26H29FN4O5. The number of aliphatic hydroxyl groups is 1. The number of amides is 3. The molecule has 0 unspecified atom stereocenters. The van der Waals surface area contributed by atoms with Crippen LogP contribution in [-0.2, 0) is 11.2 Å². The SMILES string of the molecule is COc1ccc2[nH]c3c(c2c1F)C[C@@]1(C)C(=O)N(CCN(C)CCO)C(=O)N1[C@@H]3c1cccc(O)c1. The van der Waals surface area contributed by atoms with Crippen LogP contribution in [0.3, 0.4) is 0 Å². The number of nitrogens with one attached hydrogen (secondary N) is 1. The predicted molar refractivity (Wildman–Crippen MR) is 130 cm³/mol. The Labute approximate surface area is 207 Å². The van der Waals surface area contributed by atoms with Gasteiger partial charge in [0.2, 0.25) is 0 Å². The van der Waals surface area contributed by atoms with Crippen LogP contribution in [0.2, 0.25) is 0 Å². The minimum absolute atomic E-state index is 0.0192. The van der Waals surface area contributed by atoms with Gasteiger partial charge in [-0.25, -0.2) is 9.18 Å². The van der Waals surface area contributed by atoms with E-state index in [1.807, 2.05) is 4.90 Å². The molecule has 36 heavy (non-hydrogen) atoms. The lowest BCUT2D eigenvalue weighted by atomic mass is 9.81. The standard InChI is InChI=1S/C26H29FN4O5/c1-26-14-17-20-18(7-8-19(36-3)21(20)27)28-22(17)23(15-5-4-6-16(33)13-15)31(26)25(35)30(24(26)34)10-9-29(2)11-12-32/h4-8,13,23,28,32-33H,9-12,14H2,1-3H3/t23-,26+/m1/s1. The zero-order valence-electron chi connectivity index (χ0n) is 20.4. The molecule has 0 bridgehead atoms. The number of aromatic amines is 1. The second kappa shape index (κ2) is 8.79. The molecule has 0 aliphatic carbocycles. The molecule has 3 aromatic rings. The Hall–Kier alpha value is -3.63. The molecule has 190 valence electrons. The van der Waals surface area contributed by atoms with Gasteiger partial charge >= 0.3 is 6.03 Å². The van der Waals surface area contributed by atoms with E-state index in [4.69, 9.17) is 4.74 Å². The Balaban J connectivity index is 1.67. The average Bonchev–Trinajstić information content (AvgIpc) is 3.29. The third kappa shape index (κ3) is 3.51. The summed E-state index contributed by atoms with van der Waals surface area (Å²) in [6.45, 7) is 2.66. The minimum atomic E-state index is -1.26. The number of benzene rings is 2. The van der Waals surface area contributed by atoms with Crippen molar-refractivity contribution >= 4 is 22.8 Å². The van der Waals surface area contributed by atoms with Gasteiger partial charge in [0.1, 0.15) is 17.3 Å². The van der Waals surface area contributed by atoms with Crippen LogP contribution in [0.4, 0.5) is 9.18 Å². The van der Waals surface area contributed by atoms with Gasteiger partial charge in [-0.3, -0.25) is 14.6 Å². The molecule has 1 aromatic heterocycles. The van der Waals surface area contributed by atoms with Crippen molar-refractivity contribution in [2.75, 3.05) is 40.4 Å². The monoisotopic (exact) mass is 496 g/mol. The van der Waals surface area contributed by atoms with Gasteiger partial charge in [0.25, 0.3) is 5.91 Å². The molecule has 2 aliphatic rings. The van der Waals surface area contributed by atoms with E-state index in [1.165, 1.54) is 24.1 Å². The topological polar surface area (TPSA) is 109 Å². The van der Waals surface area contributed by atoms with Crippen molar-refractivity contribution in [3.63, 3.8) is 0 Å². The number of fused-ring (bicyclic) bond motifs is 4. The van der Waals surface area contributed by atoms with Gasteiger partial charge in [-0.1, -0.05) is 12.1 Å². The lowest BCUT2D eigenvalue weighted by molar-refractivity contribution is -0.133. The number of nitrogens with zero attached hydrogens (tertiary/aromatic N) is 3. The summed E-state index contributed by atoms with van der Waals surface area (Å²) in [5.74, 6) is -0.782. The highest BCUT2D eigenvalue weighted by atomic mass is 19.1. The number of hydrogen-bond acceptors (Lipinski definition) is 6. The highest BCUT2D eigenvalue weighted by Gasteiger charge is 2.60. The zero-order chi connectivity index (χ0) is 25.8. The maximum Gasteiger partial charge on any atom is 0.328 e. The number of imide groups is 1. The van der Waals surface area contributed by atoms with Gasteiger partial charge in [-0.05, 0) is 49.4 Å². The number of halogens is 1. The van der Waals surface area contributed by atoms with E-state index in [2.05, 4.69) is 4.98 Å². The number of aliphatic hydroxyl groups excluding tert-OH is 1. The molecule has 1 fully saturated rings. The first-order valence-corrected chi connectivity index (χ1v) is 11.8. The van der Waals surface area contributed by atoms with Crippen LogP contribution in [0.25, 0.3) is 10.9 Å². The van der Waals surface area contributed by atoms with E-state index >= 15 is 4.39 Å². The normalized spacial score (nSPS) is 21.4. The highest BCUT2D eigenvalue weighted by Crippen LogP contribution is 2.49. The molecule has 0 radical (unpaired) electrons. The summed E-state index contributed by atoms with van der Waals surface area (Å²) in [5.41, 5.74) is 1.08. The van der Waals surface area contributed by atoms with Crippen LogP contribution in [0.1, 0.15) is 29.8 Å². The molecule has 9 nitrogen and oxygen atoms in total. The number of phenols is 1. The molecule has 3 amide bonds. The summed E-state index contributed by atoms with van der Waals surface area (Å²) in [7, 11) is 3.20. The fourth-order valence-corrected chi connectivity index (χ4v) is 5.50. The largest absolute Gasteiger partial charge is 0.508 e. The third-order valence-electron chi connectivity index (χ3n) is 7.32. The van der Waals surface area contributed by atoms with Crippen LogP contribution >= 0.6 is 0 Å². The molecular weight excluding hydrogens is 467 g/mol. The number of rotatable bonds is 7. The summed E-state index contributed by atoms with van der Waals surface area (Å²) < 4.78 is 20.7. The highest BCUT2D eigenvalue weighted by molar-refractivity contribution is 6.08. The van der Waals surface area contributed by atoms with Crippen molar-refractivity contribution in [2.45, 2.75) is 24.9 Å². The summed E-state index contributed by atoms with van der Waals surface area (Å²) in [5, 5.41) is 19.7. The van der Waals surface area contributed by atoms with Crippen molar-refractivity contribution in [3.05, 3.63) is 59.0 Å². The number of ether oxygens (including phenoxy) is 1. The van der Waals surface area contributed by atoms with E-state index in [0.29, 0.717) is 40.8 Å². The number of aromatic nitrogens is 1. The first kappa shape index (κ1) is 24.1. The van der Waals surface area contributed by atoms with E-state index in [-0.39, 0.29) is 37.0 Å². The molecule has 10 heteroatoms. The second-order valence-electron chi connectivity index (χ2n) is 9.61. The maximum atomic E-state index is 15.5. The predicted octanol–water partition coefficient (Wildman–Crippen LogP) is 2.61. The van der Waals surface area contributed by atoms with Gasteiger partial charge in [-0.15, -0.1) is 0 Å². The van der Waals surface area contributed by atoms with Gasteiger partial charge in [0.15, 0.2) is 11.6 Å². The number of aromatic hydroxyl groups is 1. The molecule has 2 atom stereocenters. The Bertz CT molecular complexity index is 1360. The number of H-pyrrole nitrogens is 1. The second-order valence-corrected chi connectivity index (χ2v) is 9.61. The zero-order valence-corrected chi connectivity index (χ0v) is 20.4. The summed E-state index contributed by atoms with van der Waals surface area (Å²) in [6, 6.07) is 8.59. The van der Waals surface area contributed by atoms with Crippen LogP contribution in [0, 0.1) is 5.82 Å². The lowest BCUT2D eigenvalue weighted by Crippen LogP contribution is -2.53. The van der Waals surface area contributed by atoms with E-state index < -0.39 is 23.4 Å². The molecule has 3 N–H and O–H groups in total. The molecule has 1 saturated heterocycles. The van der Waals surface area contributed by atoms with E-state index in [9.17, 15) is 19.8 Å². The lowest BCUT2D eigenvalue weighted by Gasteiger charge is -2.42. The van der Waals surface area contributed by atoms with Crippen molar-refractivity contribution in [2.24, 2.45) is 0 Å². The van der Waals surface area contributed by atoms with Crippen LogP contribution in [-0.4, -0.2) is 87.8 Å². The Morgan fingerprint density at radius 2 is 2.03 bits per heavy atom.